The van der Waals surface area contributed by atoms with Crippen molar-refractivity contribution in [2.45, 2.75) is 65.2 Å². The van der Waals surface area contributed by atoms with E-state index < -0.39 is 0 Å². The minimum Gasteiger partial charge on any atom is -0.381 e. The fourth-order valence-electron chi connectivity index (χ4n) is 4.01. The molecule has 1 aliphatic heterocycles. The van der Waals surface area contributed by atoms with Gasteiger partial charge in [-0.1, -0.05) is 39.5 Å². The summed E-state index contributed by atoms with van der Waals surface area (Å²) in [6.45, 7) is 9.06. The molecule has 1 saturated carbocycles. The third-order valence-corrected chi connectivity index (χ3v) is 5.25. The molecule has 0 bridgehead atoms. The maximum absolute atomic E-state index is 5.52. The van der Waals surface area contributed by atoms with E-state index in [1.807, 2.05) is 0 Å². The summed E-state index contributed by atoms with van der Waals surface area (Å²) in [5, 5.41) is 3.72. The van der Waals surface area contributed by atoms with Crippen molar-refractivity contribution in [2.24, 2.45) is 23.7 Å². The molecule has 2 nitrogen and oxygen atoms in total. The van der Waals surface area contributed by atoms with Crippen molar-refractivity contribution in [3.05, 3.63) is 0 Å². The molecule has 0 aromatic rings. The second-order valence-electron chi connectivity index (χ2n) is 7.50. The lowest BCUT2D eigenvalue weighted by Crippen LogP contribution is -2.31. The topological polar surface area (TPSA) is 21.3 Å². The van der Waals surface area contributed by atoms with Crippen LogP contribution in [-0.4, -0.2) is 26.3 Å². The number of rotatable bonds is 6. The van der Waals surface area contributed by atoms with Crippen LogP contribution in [0.15, 0.2) is 0 Å². The summed E-state index contributed by atoms with van der Waals surface area (Å²) in [6, 6.07) is 0. The molecule has 1 saturated heterocycles. The van der Waals surface area contributed by atoms with Crippen LogP contribution in [0.5, 0.6) is 0 Å². The largest absolute Gasteiger partial charge is 0.381 e. The molecule has 0 aromatic carbocycles. The zero-order valence-corrected chi connectivity index (χ0v) is 13.7. The third-order valence-electron chi connectivity index (χ3n) is 5.25. The normalized spacial score (nSPS) is 29.6. The maximum Gasteiger partial charge on any atom is 0.0468 e. The molecule has 2 unspecified atom stereocenters. The lowest BCUT2D eigenvalue weighted by atomic mass is 9.79. The molecule has 2 fully saturated rings. The first-order valence-electron chi connectivity index (χ1n) is 9.04. The summed E-state index contributed by atoms with van der Waals surface area (Å²) >= 11 is 0. The van der Waals surface area contributed by atoms with Gasteiger partial charge in [0.2, 0.25) is 0 Å². The fourth-order valence-corrected chi connectivity index (χ4v) is 4.01. The van der Waals surface area contributed by atoms with E-state index >= 15 is 0 Å². The Labute approximate surface area is 126 Å². The highest BCUT2D eigenvalue weighted by Gasteiger charge is 2.27. The van der Waals surface area contributed by atoms with Crippen LogP contribution in [0.3, 0.4) is 0 Å². The van der Waals surface area contributed by atoms with E-state index in [4.69, 9.17) is 4.74 Å². The molecule has 0 aromatic heterocycles. The van der Waals surface area contributed by atoms with Crippen molar-refractivity contribution in [1.82, 2.24) is 5.32 Å². The van der Waals surface area contributed by atoms with Crippen molar-refractivity contribution in [3.8, 4) is 0 Å². The van der Waals surface area contributed by atoms with Gasteiger partial charge in [-0.15, -0.1) is 0 Å². The Morgan fingerprint density at radius 1 is 0.950 bits per heavy atom. The predicted molar refractivity (Wildman–Crippen MR) is 85.9 cm³/mol. The van der Waals surface area contributed by atoms with Gasteiger partial charge >= 0.3 is 0 Å². The molecule has 1 aliphatic carbocycles. The summed E-state index contributed by atoms with van der Waals surface area (Å²) in [5.74, 6) is 3.62. The van der Waals surface area contributed by atoms with Gasteiger partial charge in [-0.3, -0.25) is 0 Å². The van der Waals surface area contributed by atoms with Crippen LogP contribution in [0.4, 0.5) is 0 Å². The quantitative estimate of drug-likeness (QED) is 0.735. The highest BCUT2D eigenvalue weighted by Crippen LogP contribution is 2.35. The van der Waals surface area contributed by atoms with Gasteiger partial charge in [-0.2, -0.15) is 0 Å². The molecule has 2 rings (SSSR count). The van der Waals surface area contributed by atoms with Gasteiger partial charge in [0.25, 0.3) is 0 Å². The Morgan fingerprint density at radius 3 is 2.35 bits per heavy atom. The Bertz CT molecular complexity index is 248. The lowest BCUT2D eigenvalue weighted by molar-refractivity contribution is 0.0538. The van der Waals surface area contributed by atoms with Crippen molar-refractivity contribution in [2.75, 3.05) is 26.3 Å². The maximum atomic E-state index is 5.52. The first-order chi connectivity index (χ1) is 9.75. The summed E-state index contributed by atoms with van der Waals surface area (Å²) in [7, 11) is 0. The van der Waals surface area contributed by atoms with Crippen LogP contribution in [0.25, 0.3) is 0 Å². The molecule has 118 valence electrons. The number of ether oxygens (including phenoxy) is 1. The zero-order chi connectivity index (χ0) is 14.2. The molecule has 20 heavy (non-hydrogen) atoms. The van der Waals surface area contributed by atoms with Crippen molar-refractivity contribution < 1.29 is 4.74 Å². The summed E-state index contributed by atoms with van der Waals surface area (Å²) < 4.78 is 5.52. The van der Waals surface area contributed by atoms with Gasteiger partial charge in [0, 0.05) is 13.2 Å². The molecule has 2 atom stereocenters. The summed E-state index contributed by atoms with van der Waals surface area (Å²) in [5.41, 5.74) is 0. The Balaban J connectivity index is 1.80. The Kier molecular flexibility index (Phi) is 7.37. The van der Waals surface area contributed by atoms with E-state index in [0.29, 0.717) is 0 Å². The summed E-state index contributed by atoms with van der Waals surface area (Å²) in [6.07, 6.45) is 11.4. The van der Waals surface area contributed by atoms with E-state index in [-0.39, 0.29) is 0 Å². The van der Waals surface area contributed by atoms with Gasteiger partial charge in [0.05, 0.1) is 0 Å². The number of hydrogen-bond acceptors (Lipinski definition) is 2. The molecule has 2 heteroatoms. The van der Waals surface area contributed by atoms with Gasteiger partial charge in [-0.25, -0.2) is 0 Å². The Morgan fingerprint density at radius 2 is 1.65 bits per heavy atom. The molecule has 1 heterocycles. The first-order valence-corrected chi connectivity index (χ1v) is 9.04. The van der Waals surface area contributed by atoms with Crippen molar-refractivity contribution >= 4 is 0 Å². The molecule has 0 amide bonds. The minimum atomic E-state index is 0.773. The standard InChI is InChI=1S/C18H35NO/c1-15(2)13-19-14-18-7-5-3-4-6-17(18)12-16-8-10-20-11-9-16/h15-19H,3-14H2,1-2H3. The van der Waals surface area contributed by atoms with Crippen LogP contribution in [-0.2, 0) is 4.74 Å². The molecular formula is C18H35NO. The van der Waals surface area contributed by atoms with Crippen LogP contribution >= 0.6 is 0 Å². The molecule has 0 radical (unpaired) electrons. The first kappa shape index (κ1) is 16.3. The second-order valence-corrected chi connectivity index (χ2v) is 7.50. The number of hydrogen-bond donors (Lipinski definition) is 1. The summed E-state index contributed by atoms with van der Waals surface area (Å²) in [4.78, 5) is 0. The molecule has 2 aliphatic rings. The van der Waals surface area contributed by atoms with E-state index in [0.717, 1.165) is 36.9 Å². The number of nitrogens with one attached hydrogen (secondary N) is 1. The lowest BCUT2D eigenvalue weighted by Gasteiger charge is -2.31. The van der Waals surface area contributed by atoms with E-state index in [2.05, 4.69) is 19.2 Å². The second kappa shape index (κ2) is 9.04. The van der Waals surface area contributed by atoms with Gasteiger partial charge in [-0.05, 0) is 62.4 Å². The van der Waals surface area contributed by atoms with Crippen molar-refractivity contribution in [3.63, 3.8) is 0 Å². The monoisotopic (exact) mass is 281 g/mol. The molecule has 1 N–H and O–H groups in total. The third kappa shape index (κ3) is 5.73. The highest BCUT2D eigenvalue weighted by atomic mass is 16.5. The van der Waals surface area contributed by atoms with Gasteiger partial charge in [0.15, 0.2) is 0 Å². The zero-order valence-electron chi connectivity index (χ0n) is 13.7. The van der Waals surface area contributed by atoms with Crippen LogP contribution in [0, 0.1) is 23.7 Å². The van der Waals surface area contributed by atoms with E-state index in [9.17, 15) is 0 Å². The highest BCUT2D eigenvalue weighted by molar-refractivity contribution is 4.79. The van der Waals surface area contributed by atoms with Gasteiger partial charge < -0.3 is 10.1 Å². The average Bonchev–Trinajstić information content (AvgIpc) is 2.65. The smallest absolute Gasteiger partial charge is 0.0468 e. The predicted octanol–water partition coefficient (Wildman–Crippen LogP) is 4.25. The van der Waals surface area contributed by atoms with E-state index in [1.165, 1.54) is 64.5 Å². The Hall–Kier alpha value is -0.0800. The molecule has 0 spiro atoms. The SMILES string of the molecule is CC(C)CNCC1CCCCCC1CC1CCOCC1. The van der Waals surface area contributed by atoms with Crippen LogP contribution < -0.4 is 5.32 Å². The average molecular weight is 281 g/mol. The van der Waals surface area contributed by atoms with Crippen LogP contribution in [0.2, 0.25) is 0 Å². The minimum absolute atomic E-state index is 0.773. The fraction of sp³-hybridized carbons (Fsp3) is 1.00. The molecular weight excluding hydrogens is 246 g/mol. The van der Waals surface area contributed by atoms with Crippen molar-refractivity contribution in [1.29, 1.82) is 0 Å². The van der Waals surface area contributed by atoms with Gasteiger partial charge in [0.1, 0.15) is 0 Å². The van der Waals surface area contributed by atoms with E-state index in [1.54, 1.807) is 0 Å². The van der Waals surface area contributed by atoms with Crippen LogP contribution in [0.1, 0.15) is 65.2 Å².